The zero-order valence-electron chi connectivity index (χ0n) is 11.6. The van der Waals surface area contributed by atoms with Gasteiger partial charge in [-0.2, -0.15) is 0 Å². The average Bonchev–Trinajstić information content (AvgIpc) is 2.89. The molecule has 0 aromatic carbocycles. The molecular formula is C15H17BrN4O. The smallest absolute Gasteiger partial charge is 0.317 e. The first-order valence-electron chi connectivity index (χ1n) is 7.02. The van der Waals surface area contributed by atoms with Crippen molar-refractivity contribution in [1.29, 1.82) is 0 Å². The van der Waals surface area contributed by atoms with Crippen LogP contribution in [0.5, 0.6) is 0 Å². The molecule has 6 heteroatoms. The first-order valence-corrected chi connectivity index (χ1v) is 7.81. The number of hydrogen-bond acceptors (Lipinski definition) is 2. The first-order chi connectivity index (χ1) is 10.2. The van der Waals surface area contributed by atoms with Gasteiger partial charge in [-0.1, -0.05) is 28.1 Å². The fourth-order valence-electron chi connectivity index (χ4n) is 2.39. The normalized spacial score (nSPS) is 15.1. The molecule has 0 unspecified atom stereocenters. The fourth-order valence-corrected chi connectivity index (χ4v) is 2.92. The van der Waals surface area contributed by atoms with E-state index < -0.39 is 0 Å². The number of carbonyl (C=O) groups is 1. The summed E-state index contributed by atoms with van der Waals surface area (Å²) in [6.45, 7) is 2.02. The van der Waals surface area contributed by atoms with Crippen LogP contribution in [-0.2, 0) is 6.42 Å². The van der Waals surface area contributed by atoms with E-state index in [1.807, 2.05) is 39.9 Å². The van der Waals surface area contributed by atoms with Gasteiger partial charge in [0, 0.05) is 36.4 Å². The van der Waals surface area contributed by atoms with Crippen LogP contribution in [0.2, 0.25) is 0 Å². The third kappa shape index (κ3) is 3.44. The molecule has 110 valence electrons. The van der Waals surface area contributed by atoms with E-state index in [0.29, 0.717) is 13.1 Å². The minimum Gasteiger partial charge on any atom is -0.338 e. The summed E-state index contributed by atoms with van der Waals surface area (Å²) >= 11 is 3.45. The molecule has 0 bridgehead atoms. The van der Waals surface area contributed by atoms with Crippen molar-refractivity contribution >= 4 is 27.6 Å². The van der Waals surface area contributed by atoms with Gasteiger partial charge in [-0.3, -0.25) is 0 Å². The number of nitrogens with zero attached hydrogens (tertiary/aromatic N) is 3. The van der Waals surface area contributed by atoms with Gasteiger partial charge in [-0.25, -0.2) is 9.78 Å². The molecule has 3 rings (SSSR count). The van der Waals surface area contributed by atoms with Gasteiger partial charge in [0.15, 0.2) is 0 Å². The van der Waals surface area contributed by atoms with Crippen LogP contribution in [0.25, 0.3) is 5.65 Å². The van der Waals surface area contributed by atoms with Gasteiger partial charge in [0.1, 0.15) is 5.65 Å². The van der Waals surface area contributed by atoms with Gasteiger partial charge in [0.25, 0.3) is 0 Å². The Kier molecular flexibility index (Phi) is 4.24. The number of nitrogens with one attached hydrogen (secondary N) is 1. The number of carbonyl (C=O) groups excluding carboxylic acids is 1. The van der Waals surface area contributed by atoms with Crippen LogP contribution in [0.4, 0.5) is 4.79 Å². The lowest BCUT2D eigenvalue weighted by atomic mass is 10.2. The summed E-state index contributed by atoms with van der Waals surface area (Å²) in [4.78, 5) is 18.4. The molecule has 3 heterocycles. The van der Waals surface area contributed by atoms with Crippen LogP contribution < -0.4 is 5.32 Å². The summed E-state index contributed by atoms with van der Waals surface area (Å²) in [5.74, 6) is 0. The Balaban J connectivity index is 1.51. The molecule has 0 fully saturated rings. The summed E-state index contributed by atoms with van der Waals surface area (Å²) in [5.41, 5.74) is 1.92. The van der Waals surface area contributed by atoms with E-state index in [1.165, 1.54) is 0 Å². The maximum absolute atomic E-state index is 12.0. The molecule has 2 aromatic rings. The number of rotatable bonds is 3. The second-order valence-electron chi connectivity index (χ2n) is 5.04. The number of amides is 2. The van der Waals surface area contributed by atoms with Crippen molar-refractivity contribution in [3.8, 4) is 0 Å². The number of hydrogen-bond donors (Lipinski definition) is 1. The van der Waals surface area contributed by atoms with E-state index in [0.717, 1.165) is 35.2 Å². The van der Waals surface area contributed by atoms with E-state index in [1.54, 1.807) is 0 Å². The zero-order valence-corrected chi connectivity index (χ0v) is 13.2. The minimum absolute atomic E-state index is 0.0104. The Hall–Kier alpha value is -1.82. The number of pyridine rings is 1. The van der Waals surface area contributed by atoms with Crippen LogP contribution in [0.15, 0.2) is 41.2 Å². The predicted octanol–water partition coefficient (Wildman–Crippen LogP) is 2.57. The van der Waals surface area contributed by atoms with Crippen molar-refractivity contribution in [3.05, 3.63) is 46.8 Å². The van der Waals surface area contributed by atoms with Gasteiger partial charge in [0.2, 0.25) is 0 Å². The Morgan fingerprint density at radius 2 is 2.33 bits per heavy atom. The number of aromatic nitrogens is 2. The molecular weight excluding hydrogens is 332 g/mol. The fraction of sp³-hybridized carbons (Fsp3) is 0.333. The Morgan fingerprint density at radius 1 is 1.43 bits per heavy atom. The molecule has 0 saturated heterocycles. The number of fused-ring (bicyclic) bond motifs is 1. The van der Waals surface area contributed by atoms with Crippen LogP contribution in [-0.4, -0.2) is 39.9 Å². The highest BCUT2D eigenvalue weighted by Crippen LogP contribution is 2.14. The van der Waals surface area contributed by atoms with Crippen molar-refractivity contribution in [1.82, 2.24) is 19.6 Å². The van der Waals surface area contributed by atoms with Gasteiger partial charge in [0.05, 0.1) is 12.2 Å². The van der Waals surface area contributed by atoms with Crippen molar-refractivity contribution < 1.29 is 4.79 Å². The Morgan fingerprint density at radius 3 is 3.14 bits per heavy atom. The SMILES string of the molecule is O=C(NCCc1cn2ccccc2n1)N1CCC=C(Br)C1. The van der Waals surface area contributed by atoms with E-state index in [-0.39, 0.29) is 6.03 Å². The largest absolute Gasteiger partial charge is 0.338 e. The third-order valence-electron chi connectivity index (χ3n) is 3.47. The van der Waals surface area contributed by atoms with Crippen molar-refractivity contribution in [2.45, 2.75) is 12.8 Å². The van der Waals surface area contributed by atoms with E-state index >= 15 is 0 Å². The highest BCUT2D eigenvalue weighted by Gasteiger charge is 2.16. The summed E-state index contributed by atoms with van der Waals surface area (Å²) in [7, 11) is 0. The lowest BCUT2D eigenvalue weighted by Gasteiger charge is -2.25. The predicted molar refractivity (Wildman–Crippen MR) is 85.5 cm³/mol. The van der Waals surface area contributed by atoms with Crippen LogP contribution in [0.1, 0.15) is 12.1 Å². The molecule has 2 amide bonds. The maximum Gasteiger partial charge on any atom is 0.317 e. The third-order valence-corrected chi connectivity index (χ3v) is 4.04. The molecule has 0 aliphatic carbocycles. The lowest BCUT2D eigenvalue weighted by Crippen LogP contribution is -2.43. The number of urea groups is 1. The molecule has 2 aromatic heterocycles. The van der Waals surface area contributed by atoms with Crippen LogP contribution >= 0.6 is 15.9 Å². The van der Waals surface area contributed by atoms with Gasteiger partial charge < -0.3 is 14.6 Å². The van der Waals surface area contributed by atoms with Crippen molar-refractivity contribution in [3.63, 3.8) is 0 Å². The molecule has 0 spiro atoms. The van der Waals surface area contributed by atoms with Gasteiger partial charge in [-0.15, -0.1) is 0 Å². The monoisotopic (exact) mass is 348 g/mol. The molecule has 0 saturated carbocycles. The highest BCUT2D eigenvalue weighted by molar-refractivity contribution is 9.11. The molecule has 21 heavy (non-hydrogen) atoms. The quantitative estimate of drug-likeness (QED) is 0.926. The second-order valence-corrected chi connectivity index (χ2v) is 6.06. The zero-order chi connectivity index (χ0) is 14.7. The average molecular weight is 349 g/mol. The topological polar surface area (TPSA) is 49.6 Å². The standard InChI is InChI=1S/C15H17BrN4O/c16-12-4-3-9-20(10-12)15(21)17-7-6-13-11-19-8-2-1-5-14(19)18-13/h1-2,4-5,8,11H,3,6-7,9-10H2,(H,17,21). The molecule has 5 nitrogen and oxygen atoms in total. The number of halogens is 1. The van der Waals surface area contributed by atoms with Gasteiger partial charge in [-0.05, 0) is 18.6 Å². The van der Waals surface area contributed by atoms with Crippen LogP contribution in [0.3, 0.4) is 0 Å². The maximum atomic E-state index is 12.0. The summed E-state index contributed by atoms with van der Waals surface area (Å²) in [5, 5.41) is 2.96. The van der Waals surface area contributed by atoms with E-state index in [4.69, 9.17) is 0 Å². The number of imidazole rings is 1. The van der Waals surface area contributed by atoms with Crippen molar-refractivity contribution in [2.75, 3.05) is 19.6 Å². The van der Waals surface area contributed by atoms with E-state index in [9.17, 15) is 4.79 Å². The second kappa shape index (κ2) is 6.30. The minimum atomic E-state index is -0.0104. The summed E-state index contributed by atoms with van der Waals surface area (Å²) in [6.07, 6.45) is 7.73. The molecule has 1 aliphatic heterocycles. The van der Waals surface area contributed by atoms with Crippen LogP contribution in [0, 0.1) is 0 Å². The summed E-state index contributed by atoms with van der Waals surface area (Å²) < 4.78 is 3.06. The molecule has 1 aliphatic rings. The van der Waals surface area contributed by atoms with Gasteiger partial charge >= 0.3 is 6.03 Å². The molecule has 0 atom stereocenters. The first kappa shape index (κ1) is 14.1. The Labute approximate surface area is 131 Å². The van der Waals surface area contributed by atoms with Crippen molar-refractivity contribution in [2.24, 2.45) is 0 Å². The lowest BCUT2D eigenvalue weighted by molar-refractivity contribution is 0.202. The molecule has 0 radical (unpaired) electrons. The summed E-state index contributed by atoms with van der Waals surface area (Å²) in [6, 6.07) is 5.90. The van der Waals surface area contributed by atoms with E-state index in [2.05, 4.69) is 32.3 Å². The highest BCUT2D eigenvalue weighted by atomic mass is 79.9. The molecule has 1 N–H and O–H groups in total. The Bertz CT molecular complexity index is 646.